The number of likely N-dealkylation sites (tertiary alicyclic amines) is 1. The molecule has 144 valence electrons. The third-order valence-corrected chi connectivity index (χ3v) is 5.87. The number of benzene rings is 1. The first-order valence-corrected chi connectivity index (χ1v) is 9.80. The van der Waals surface area contributed by atoms with Gasteiger partial charge in [-0.1, -0.05) is 19.1 Å². The number of amides is 1. The average molecular weight is 369 g/mol. The van der Waals surface area contributed by atoms with E-state index in [2.05, 4.69) is 17.1 Å². The highest BCUT2D eigenvalue weighted by molar-refractivity contribution is 5.80. The van der Waals surface area contributed by atoms with Crippen molar-refractivity contribution in [2.45, 2.75) is 38.5 Å². The molecule has 6 nitrogen and oxygen atoms in total. The number of para-hydroxylation sites is 1. The molecule has 0 aliphatic carbocycles. The Hall–Kier alpha value is -2.50. The van der Waals surface area contributed by atoms with Crippen molar-refractivity contribution in [1.29, 1.82) is 0 Å². The number of hydrogen-bond donors (Lipinski definition) is 1. The van der Waals surface area contributed by atoms with Crippen molar-refractivity contribution in [2.24, 2.45) is 5.92 Å². The minimum absolute atomic E-state index is 0.112. The van der Waals surface area contributed by atoms with Crippen LogP contribution in [0.5, 0.6) is 11.5 Å². The fourth-order valence-corrected chi connectivity index (χ4v) is 4.32. The van der Waals surface area contributed by atoms with Gasteiger partial charge in [0.25, 0.3) is 0 Å². The average Bonchev–Trinajstić information content (AvgIpc) is 3.21. The second-order valence-electron chi connectivity index (χ2n) is 7.42. The number of aryl methyl sites for hydroxylation is 1. The highest BCUT2D eigenvalue weighted by Gasteiger charge is 2.33. The van der Waals surface area contributed by atoms with Crippen LogP contribution in [0.1, 0.15) is 42.5 Å². The van der Waals surface area contributed by atoms with Crippen molar-refractivity contribution in [2.75, 3.05) is 26.8 Å². The molecule has 1 aromatic heterocycles. The third-order valence-electron chi connectivity index (χ3n) is 5.87. The molecule has 1 N–H and O–H groups in total. The molecule has 2 aromatic rings. The number of fused-ring (bicyclic) bond motifs is 1. The summed E-state index contributed by atoms with van der Waals surface area (Å²) in [5.74, 6) is 2.10. The number of aromatic nitrogens is 2. The number of hydrogen-bond acceptors (Lipinski definition) is 4. The summed E-state index contributed by atoms with van der Waals surface area (Å²) in [5.41, 5.74) is 3.61. The Morgan fingerprint density at radius 2 is 2.19 bits per heavy atom. The molecule has 2 aliphatic rings. The largest absolute Gasteiger partial charge is 0.493 e. The number of ether oxygens (including phenoxy) is 2. The minimum Gasteiger partial charge on any atom is -0.493 e. The highest BCUT2D eigenvalue weighted by Crippen LogP contribution is 2.37. The summed E-state index contributed by atoms with van der Waals surface area (Å²) in [6.07, 6.45) is 5.61. The number of nitrogens with one attached hydrogen (secondary N) is 1. The SMILES string of the molecule is CCc1cn[nH]c1C1CCN(C(=O)[C@@H]2COc3c(cccc3OC)C2)CC1. The van der Waals surface area contributed by atoms with E-state index < -0.39 is 0 Å². The maximum Gasteiger partial charge on any atom is 0.229 e. The zero-order chi connectivity index (χ0) is 18.8. The molecule has 0 saturated carbocycles. The second-order valence-corrected chi connectivity index (χ2v) is 7.42. The number of rotatable bonds is 4. The summed E-state index contributed by atoms with van der Waals surface area (Å²) in [5, 5.41) is 7.37. The van der Waals surface area contributed by atoms with Gasteiger partial charge >= 0.3 is 0 Å². The Morgan fingerprint density at radius 1 is 1.37 bits per heavy atom. The quantitative estimate of drug-likeness (QED) is 0.900. The van der Waals surface area contributed by atoms with Crippen LogP contribution in [0.3, 0.4) is 0 Å². The summed E-state index contributed by atoms with van der Waals surface area (Å²) in [6.45, 7) is 4.18. The molecular weight excluding hydrogens is 342 g/mol. The first kappa shape index (κ1) is 17.9. The van der Waals surface area contributed by atoms with E-state index in [4.69, 9.17) is 9.47 Å². The van der Waals surface area contributed by atoms with Crippen LogP contribution in [0.4, 0.5) is 0 Å². The van der Waals surface area contributed by atoms with Crippen molar-refractivity contribution < 1.29 is 14.3 Å². The Morgan fingerprint density at radius 3 is 2.93 bits per heavy atom. The molecule has 1 fully saturated rings. The van der Waals surface area contributed by atoms with Gasteiger partial charge in [0, 0.05) is 24.7 Å². The van der Waals surface area contributed by atoms with E-state index >= 15 is 0 Å². The summed E-state index contributed by atoms with van der Waals surface area (Å²) in [6, 6.07) is 5.87. The van der Waals surface area contributed by atoms with Gasteiger partial charge < -0.3 is 14.4 Å². The first-order valence-electron chi connectivity index (χ1n) is 9.80. The van der Waals surface area contributed by atoms with E-state index in [1.165, 1.54) is 11.3 Å². The Bertz CT molecular complexity index is 809. The first-order chi connectivity index (χ1) is 13.2. The van der Waals surface area contributed by atoms with Gasteiger partial charge in [0.1, 0.15) is 6.61 Å². The fourth-order valence-electron chi connectivity index (χ4n) is 4.32. The molecule has 1 aromatic carbocycles. The molecule has 1 atom stereocenters. The van der Waals surface area contributed by atoms with Crippen LogP contribution < -0.4 is 9.47 Å². The predicted octanol–water partition coefficient (Wildman–Crippen LogP) is 2.94. The van der Waals surface area contributed by atoms with E-state index in [-0.39, 0.29) is 11.8 Å². The van der Waals surface area contributed by atoms with Crippen LogP contribution >= 0.6 is 0 Å². The molecule has 2 aliphatic heterocycles. The lowest BCUT2D eigenvalue weighted by molar-refractivity contribution is -0.138. The van der Waals surface area contributed by atoms with Crippen molar-refractivity contribution in [1.82, 2.24) is 15.1 Å². The maximum absolute atomic E-state index is 13.0. The lowest BCUT2D eigenvalue weighted by Gasteiger charge is -2.35. The van der Waals surface area contributed by atoms with Gasteiger partial charge in [0.15, 0.2) is 11.5 Å². The Balaban J connectivity index is 1.38. The zero-order valence-electron chi connectivity index (χ0n) is 16.0. The van der Waals surface area contributed by atoms with Crippen molar-refractivity contribution in [3.8, 4) is 11.5 Å². The number of piperidine rings is 1. The van der Waals surface area contributed by atoms with Gasteiger partial charge in [0.05, 0.1) is 19.2 Å². The van der Waals surface area contributed by atoms with Gasteiger partial charge in [-0.2, -0.15) is 5.10 Å². The summed E-state index contributed by atoms with van der Waals surface area (Å²) >= 11 is 0. The normalized spacial score (nSPS) is 20.1. The topological polar surface area (TPSA) is 67.5 Å². The smallest absolute Gasteiger partial charge is 0.229 e. The maximum atomic E-state index is 13.0. The fraction of sp³-hybridized carbons (Fsp3) is 0.524. The van der Waals surface area contributed by atoms with Crippen LogP contribution in [0.25, 0.3) is 0 Å². The number of carbonyl (C=O) groups is 1. The molecule has 0 spiro atoms. The summed E-state index contributed by atoms with van der Waals surface area (Å²) in [4.78, 5) is 15.0. The molecule has 0 unspecified atom stereocenters. The van der Waals surface area contributed by atoms with Crippen molar-refractivity contribution in [3.63, 3.8) is 0 Å². The summed E-state index contributed by atoms with van der Waals surface area (Å²) < 4.78 is 11.3. The van der Waals surface area contributed by atoms with Gasteiger partial charge in [0.2, 0.25) is 5.91 Å². The van der Waals surface area contributed by atoms with E-state index in [0.29, 0.717) is 18.9 Å². The van der Waals surface area contributed by atoms with E-state index in [9.17, 15) is 4.79 Å². The lowest BCUT2D eigenvalue weighted by Crippen LogP contribution is -2.44. The van der Waals surface area contributed by atoms with Crippen LogP contribution in [0.2, 0.25) is 0 Å². The molecular formula is C21H27N3O3. The van der Waals surface area contributed by atoms with Gasteiger partial charge in [-0.3, -0.25) is 9.89 Å². The van der Waals surface area contributed by atoms with Crippen LogP contribution in [-0.2, 0) is 17.6 Å². The van der Waals surface area contributed by atoms with Crippen LogP contribution in [0, 0.1) is 5.92 Å². The molecule has 6 heteroatoms. The number of aromatic amines is 1. The predicted molar refractivity (Wildman–Crippen MR) is 102 cm³/mol. The molecule has 0 bridgehead atoms. The molecule has 27 heavy (non-hydrogen) atoms. The molecule has 0 radical (unpaired) electrons. The highest BCUT2D eigenvalue weighted by atomic mass is 16.5. The zero-order valence-corrected chi connectivity index (χ0v) is 16.0. The number of carbonyl (C=O) groups excluding carboxylic acids is 1. The van der Waals surface area contributed by atoms with E-state index in [0.717, 1.165) is 49.4 Å². The lowest BCUT2D eigenvalue weighted by atomic mass is 9.89. The Kier molecular flexibility index (Phi) is 5.05. The molecule has 1 saturated heterocycles. The van der Waals surface area contributed by atoms with Crippen molar-refractivity contribution in [3.05, 3.63) is 41.2 Å². The Labute approximate surface area is 159 Å². The standard InChI is InChI=1S/C21H27N3O3/c1-3-14-12-22-23-19(14)15-7-9-24(10-8-15)21(25)17-11-16-5-4-6-18(26-2)20(16)27-13-17/h4-6,12,15,17H,3,7-11,13H2,1-2H3,(H,22,23)/t17-/m0/s1. The van der Waals surface area contributed by atoms with Crippen molar-refractivity contribution >= 4 is 5.91 Å². The number of methoxy groups -OCH3 is 1. The third kappa shape index (κ3) is 3.40. The van der Waals surface area contributed by atoms with E-state index in [1.54, 1.807) is 7.11 Å². The molecule has 4 rings (SSSR count). The molecule has 3 heterocycles. The van der Waals surface area contributed by atoms with Gasteiger partial charge in [-0.15, -0.1) is 0 Å². The van der Waals surface area contributed by atoms with Crippen LogP contribution in [-0.4, -0.2) is 47.8 Å². The summed E-state index contributed by atoms with van der Waals surface area (Å²) in [7, 11) is 1.64. The number of nitrogens with zero attached hydrogens (tertiary/aromatic N) is 2. The minimum atomic E-state index is -0.112. The van der Waals surface area contributed by atoms with E-state index in [1.807, 2.05) is 29.3 Å². The molecule has 1 amide bonds. The van der Waals surface area contributed by atoms with Crippen LogP contribution in [0.15, 0.2) is 24.4 Å². The van der Waals surface area contributed by atoms with Gasteiger partial charge in [-0.25, -0.2) is 0 Å². The van der Waals surface area contributed by atoms with Gasteiger partial charge in [-0.05, 0) is 42.9 Å². The monoisotopic (exact) mass is 369 g/mol. The second kappa shape index (κ2) is 7.62. The number of H-pyrrole nitrogens is 1.